The number of halogens is 3. The number of nitrogens with one attached hydrogen (secondary N) is 2. The first-order valence-corrected chi connectivity index (χ1v) is 11.9. The number of hydrogen-bond donors (Lipinski definition) is 3. The Kier molecular flexibility index (Phi) is 9.82. The molecule has 3 N–H and O–H groups in total. The van der Waals surface area contributed by atoms with E-state index in [4.69, 9.17) is 19.9 Å². The van der Waals surface area contributed by atoms with Crippen LogP contribution in [-0.2, 0) is 16.0 Å². The monoisotopic (exact) mass is 519 g/mol. The molecule has 1 aliphatic heterocycles. The molecule has 0 unspecified atom stereocenters. The van der Waals surface area contributed by atoms with E-state index >= 15 is 0 Å². The molecule has 1 amide bonds. The highest BCUT2D eigenvalue weighted by Crippen LogP contribution is 2.33. The third kappa shape index (κ3) is 8.44. The highest BCUT2D eigenvalue weighted by atomic mass is 19.4. The van der Waals surface area contributed by atoms with E-state index in [1.807, 2.05) is 12.1 Å². The molecule has 198 valence electrons. The molecular weight excluding hydrogens is 491 g/mol. The Hall–Kier alpha value is -3.69. The molecule has 37 heavy (non-hydrogen) atoms. The predicted octanol–water partition coefficient (Wildman–Crippen LogP) is 4.00. The Morgan fingerprint density at radius 3 is 2.57 bits per heavy atom. The second-order valence-corrected chi connectivity index (χ2v) is 8.57. The fraction of sp³-hybridized carbons (Fsp3) is 0.440. The normalized spacial score (nSPS) is 16.1. The van der Waals surface area contributed by atoms with Gasteiger partial charge in [-0.1, -0.05) is 12.1 Å². The maximum atomic E-state index is 12.6. The molecule has 4 rings (SSSR count). The van der Waals surface area contributed by atoms with Crippen LogP contribution >= 0.6 is 0 Å². The number of aliphatic carboxylic acids is 1. The average Bonchev–Trinajstić information content (AvgIpc) is 3.39. The van der Waals surface area contributed by atoms with Crippen LogP contribution in [0.4, 0.5) is 18.9 Å². The summed E-state index contributed by atoms with van der Waals surface area (Å²) in [6.45, 7) is 4.60. The van der Waals surface area contributed by atoms with E-state index in [0.29, 0.717) is 0 Å². The molecule has 0 radical (unpaired) electrons. The summed E-state index contributed by atoms with van der Waals surface area (Å²) in [7, 11) is 0. The predicted molar refractivity (Wildman–Crippen MR) is 129 cm³/mol. The third-order valence-electron chi connectivity index (χ3n) is 5.94. The van der Waals surface area contributed by atoms with Crippen LogP contribution in [0.25, 0.3) is 5.57 Å². The second kappa shape index (κ2) is 13.0. The van der Waals surface area contributed by atoms with Crippen molar-refractivity contribution in [1.82, 2.24) is 14.9 Å². The Morgan fingerprint density at radius 2 is 1.97 bits per heavy atom. The number of hydrogen-bond acceptors (Lipinski definition) is 6. The molecular formula is C25H28F3N5O4. The third-order valence-corrected chi connectivity index (χ3v) is 5.94. The van der Waals surface area contributed by atoms with Gasteiger partial charge in [0.1, 0.15) is 11.8 Å². The Morgan fingerprint density at radius 1 is 1.24 bits per heavy atom. The first-order valence-electron chi connectivity index (χ1n) is 11.9. The molecule has 1 aliphatic carbocycles. The topological polar surface area (TPSA) is 131 Å². The minimum atomic E-state index is -5.08. The van der Waals surface area contributed by atoms with Crippen LogP contribution in [0.3, 0.4) is 0 Å². The molecule has 1 fully saturated rings. The molecule has 2 aromatic rings. The fourth-order valence-corrected chi connectivity index (χ4v) is 3.99. The van der Waals surface area contributed by atoms with Crippen LogP contribution < -0.4 is 5.32 Å². The van der Waals surface area contributed by atoms with Crippen LogP contribution in [0, 0.1) is 11.3 Å². The summed E-state index contributed by atoms with van der Waals surface area (Å²) in [5.74, 6) is -2.95. The van der Waals surface area contributed by atoms with Gasteiger partial charge in [0.2, 0.25) is 0 Å². The lowest BCUT2D eigenvalue weighted by atomic mass is 9.91. The van der Waals surface area contributed by atoms with E-state index in [1.165, 1.54) is 30.2 Å². The zero-order valence-corrected chi connectivity index (χ0v) is 20.1. The van der Waals surface area contributed by atoms with Gasteiger partial charge in [-0.3, -0.25) is 9.69 Å². The van der Waals surface area contributed by atoms with Crippen LogP contribution in [0.5, 0.6) is 0 Å². The van der Waals surface area contributed by atoms with E-state index in [2.05, 4.69) is 38.4 Å². The van der Waals surface area contributed by atoms with Crippen molar-refractivity contribution in [3.05, 3.63) is 53.1 Å². The molecule has 2 aliphatic rings. The number of nitrogens with zero attached hydrogens (tertiary/aromatic N) is 3. The van der Waals surface area contributed by atoms with Crippen molar-refractivity contribution in [3.8, 4) is 6.07 Å². The van der Waals surface area contributed by atoms with E-state index in [-0.39, 0.29) is 17.4 Å². The largest absolute Gasteiger partial charge is 0.490 e. The number of carboxylic acid groups (broad SMARTS) is 1. The van der Waals surface area contributed by atoms with Crippen molar-refractivity contribution in [2.45, 2.75) is 38.3 Å². The quantitative estimate of drug-likeness (QED) is 0.526. The molecule has 0 atom stereocenters. The number of allylic oxidation sites excluding steroid dienone is 2. The van der Waals surface area contributed by atoms with Crippen molar-refractivity contribution in [2.24, 2.45) is 0 Å². The fourth-order valence-electron chi connectivity index (χ4n) is 3.99. The Balaban J connectivity index is 0.000000479. The molecule has 0 spiro atoms. The van der Waals surface area contributed by atoms with Crippen LogP contribution in [-0.4, -0.2) is 70.9 Å². The Labute approximate surface area is 211 Å². The molecule has 12 heteroatoms. The maximum absolute atomic E-state index is 12.6. The molecule has 1 aromatic carbocycles. The lowest BCUT2D eigenvalue weighted by molar-refractivity contribution is -0.192. The number of carbonyl (C=O) groups is 2. The van der Waals surface area contributed by atoms with Gasteiger partial charge >= 0.3 is 12.1 Å². The summed E-state index contributed by atoms with van der Waals surface area (Å²) in [5.41, 5.74) is 4.72. The van der Waals surface area contributed by atoms with Crippen LogP contribution in [0.1, 0.15) is 53.1 Å². The lowest BCUT2D eigenvalue weighted by Gasteiger charge is -2.26. The summed E-state index contributed by atoms with van der Waals surface area (Å²) < 4.78 is 37.2. The van der Waals surface area contributed by atoms with Gasteiger partial charge in [0.25, 0.3) is 5.91 Å². The van der Waals surface area contributed by atoms with E-state index < -0.39 is 12.1 Å². The number of rotatable bonds is 6. The van der Waals surface area contributed by atoms with Gasteiger partial charge in [0.05, 0.1) is 19.4 Å². The van der Waals surface area contributed by atoms with Gasteiger partial charge in [-0.25, -0.2) is 9.78 Å². The zero-order chi connectivity index (χ0) is 26.8. The van der Waals surface area contributed by atoms with Crippen molar-refractivity contribution in [1.29, 1.82) is 5.26 Å². The lowest BCUT2D eigenvalue weighted by Crippen LogP contribution is -2.37. The minimum Gasteiger partial charge on any atom is -0.475 e. The van der Waals surface area contributed by atoms with Gasteiger partial charge in [-0.2, -0.15) is 18.4 Å². The van der Waals surface area contributed by atoms with Gasteiger partial charge in [0, 0.05) is 30.9 Å². The summed E-state index contributed by atoms with van der Waals surface area (Å²) in [6, 6.07) is 8.26. The number of aromatic nitrogens is 2. The van der Waals surface area contributed by atoms with Gasteiger partial charge in [0.15, 0.2) is 5.82 Å². The van der Waals surface area contributed by atoms with Crippen molar-refractivity contribution in [2.75, 3.05) is 38.2 Å². The second-order valence-electron chi connectivity index (χ2n) is 8.57. The first kappa shape index (κ1) is 27.9. The van der Waals surface area contributed by atoms with Gasteiger partial charge < -0.3 is 20.1 Å². The number of imidazole rings is 1. The van der Waals surface area contributed by atoms with Gasteiger partial charge in [-0.15, -0.1) is 0 Å². The number of morpholine rings is 1. The minimum absolute atomic E-state index is 0.145. The maximum Gasteiger partial charge on any atom is 0.490 e. The zero-order valence-electron chi connectivity index (χ0n) is 20.1. The number of ether oxygens (including phenoxy) is 1. The standard InChI is InChI=1S/C23H27N5O2.C2HF3O2/c24-15-19-16-25-22(26-19)23(29)27-21-7-6-17(8-9-28-10-12-30-13-11-28)14-20(21)18-4-2-1-3-5-18;3-2(4,5)1(6)7/h4,6-7,14,16H,1-3,5,8-13H2,(H,25,26)(H,27,29);(H,6,7). The van der Waals surface area contributed by atoms with E-state index in [0.717, 1.165) is 63.4 Å². The molecule has 0 saturated carbocycles. The number of alkyl halides is 3. The van der Waals surface area contributed by atoms with E-state index in [9.17, 15) is 18.0 Å². The number of amides is 1. The van der Waals surface area contributed by atoms with Crippen molar-refractivity contribution in [3.63, 3.8) is 0 Å². The Bertz CT molecular complexity index is 1160. The number of aromatic amines is 1. The molecule has 9 nitrogen and oxygen atoms in total. The smallest absolute Gasteiger partial charge is 0.475 e. The first-order chi connectivity index (χ1) is 17.7. The van der Waals surface area contributed by atoms with Gasteiger partial charge in [-0.05, 0) is 55.4 Å². The average molecular weight is 520 g/mol. The number of carboxylic acids is 1. The van der Waals surface area contributed by atoms with Crippen LogP contribution in [0.2, 0.25) is 0 Å². The number of benzene rings is 1. The van der Waals surface area contributed by atoms with Crippen molar-refractivity contribution < 1.29 is 32.6 Å². The number of H-pyrrole nitrogens is 1. The summed E-state index contributed by atoms with van der Waals surface area (Å²) in [4.78, 5) is 30.7. The summed E-state index contributed by atoms with van der Waals surface area (Å²) in [5, 5.41) is 19.1. The van der Waals surface area contributed by atoms with Crippen LogP contribution in [0.15, 0.2) is 30.5 Å². The summed E-state index contributed by atoms with van der Waals surface area (Å²) in [6.07, 6.45) is 4.03. The number of carbonyl (C=O) groups excluding carboxylic acids is 1. The molecule has 1 aromatic heterocycles. The highest BCUT2D eigenvalue weighted by Gasteiger charge is 2.38. The van der Waals surface area contributed by atoms with Crippen molar-refractivity contribution >= 4 is 23.1 Å². The number of anilines is 1. The SMILES string of the molecule is N#Cc1cnc(C(=O)Nc2ccc(CCN3CCOCC3)cc2C2=CCCCC2)[nH]1.O=C(O)C(F)(F)F. The summed E-state index contributed by atoms with van der Waals surface area (Å²) >= 11 is 0. The molecule has 2 heterocycles. The molecule has 0 bridgehead atoms. The highest BCUT2D eigenvalue weighted by molar-refractivity contribution is 6.03. The number of nitriles is 1. The van der Waals surface area contributed by atoms with E-state index in [1.54, 1.807) is 0 Å². The molecule has 1 saturated heterocycles.